The maximum absolute atomic E-state index is 14.0. The zero-order valence-corrected chi connectivity index (χ0v) is 15.0. The SMILES string of the molecule is CN(C)CCCNc1ccc(N=CC2C(=O)Nc3cccc(F)c32)cc1. The van der Waals surface area contributed by atoms with Crippen molar-refractivity contribution >= 4 is 29.2 Å². The Kier molecular flexibility index (Phi) is 5.63. The molecule has 3 rings (SSSR count). The molecule has 1 amide bonds. The number of carbonyl (C=O) groups excluding carboxylic acids is 1. The van der Waals surface area contributed by atoms with Crippen LogP contribution in [0.4, 0.5) is 21.5 Å². The minimum Gasteiger partial charge on any atom is -0.385 e. The van der Waals surface area contributed by atoms with Gasteiger partial charge in [0.25, 0.3) is 0 Å². The van der Waals surface area contributed by atoms with Gasteiger partial charge in [-0.15, -0.1) is 0 Å². The number of hydrogen-bond donors (Lipinski definition) is 2. The lowest BCUT2D eigenvalue weighted by molar-refractivity contribution is -0.115. The molecule has 0 fully saturated rings. The van der Waals surface area contributed by atoms with Gasteiger partial charge in [-0.3, -0.25) is 9.79 Å². The maximum atomic E-state index is 14.0. The summed E-state index contributed by atoms with van der Waals surface area (Å²) >= 11 is 0. The normalized spacial score (nSPS) is 16.2. The Hall–Kier alpha value is -2.73. The smallest absolute Gasteiger partial charge is 0.237 e. The highest BCUT2D eigenvalue weighted by Crippen LogP contribution is 2.33. The number of hydrogen-bond acceptors (Lipinski definition) is 4. The summed E-state index contributed by atoms with van der Waals surface area (Å²) in [4.78, 5) is 18.6. The molecular formula is C20H23FN4O. The van der Waals surface area contributed by atoms with Crippen LogP contribution in [0.2, 0.25) is 0 Å². The molecule has 0 aromatic heterocycles. The summed E-state index contributed by atoms with van der Waals surface area (Å²) < 4.78 is 14.0. The number of halogens is 1. The highest BCUT2D eigenvalue weighted by atomic mass is 19.1. The first-order chi connectivity index (χ1) is 12.5. The summed E-state index contributed by atoms with van der Waals surface area (Å²) in [6.07, 6.45) is 2.57. The van der Waals surface area contributed by atoms with Crippen molar-refractivity contribution in [3.63, 3.8) is 0 Å². The number of nitrogens with one attached hydrogen (secondary N) is 2. The molecule has 1 heterocycles. The molecule has 1 aliphatic heterocycles. The highest BCUT2D eigenvalue weighted by Gasteiger charge is 2.31. The lowest BCUT2D eigenvalue weighted by Gasteiger charge is -2.10. The summed E-state index contributed by atoms with van der Waals surface area (Å²) in [5, 5.41) is 6.05. The molecule has 0 saturated heterocycles. The van der Waals surface area contributed by atoms with Crippen molar-refractivity contribution in [2.75, 3.05) is 37.8 Å². The second-order valence-corrected chi connectivity index (χ2v) is 6.58. The molecule has 2 aromatic rings. The van der Waals surface area contributed by atoms with Gasteiger partial charge in [0.1, 0.15) is 11.7 Å². The molecule has 5 nitrogen and oxygen atoms in total. The molecule has 0 spiro atoms. The van der Waals surface area contributed by atoms with Gasteiger partial charge in [-0.1, -0.05) is 6.07 Å². The van der Waals surface area contributed by atoms with Gasteiger partial charge in [-0.05, 0) is 63.5 Å². The topological polar surface area (TPSA) is 56.7 Å². The lowest BCUT2D eigenvalue weighted by atomic mass is 10.0. The van der Waals surface area contributed by atoms with Crippen LogP contribution in [-0.4, -0.2) is 44.2 Å². The summed E-state index contributed by atoms with van der Waals surface area (Å²) in [5.74, 6) is -1.35. The number of rotatable bonds is 7. The second-order valence-electron chi connectivity index (χ2n) is 6.58. The van der Waals surface area contributed by atoms with Crippen LogP contribution in [0.15, 0.2) is 47.5 Å². The number of amides is 1. The van der Waals surface area contributed by atoms with Crippen molar-refractivity contribution in [2.45, 2.75) is 12.3 Å². The molecule has 1 unspecified atom stereocenters. The first-order valence-electron chi connectivity index (χ1n) is 8.67. The molecule has 0 radical (unpaired) electrons. The van der Waals surface area contributed by atoms with Gasteiger partial charge in [-0.2, -0.15) is 0 Å². The Balaban J connectivity index is 1.62. The van der Waals surface area contributed by atoms with Crippen LogP contribution in [0.5, 0.6) is 0 Å². The predicted molar refractivity (Wildman–Crippen MR) is 104 cm³/mol. The largest absolute Gasteiger partial charge is 0.385 e. The summed E-state index contributed by atoms with van der Waals surface area (Å²) in [6, 6.07) is 12.3. The van der Waals surface area contributed by atoms with Gasteiger partial charge in [0.05, 0.1) is 5.69 Å². The molecule has 0 bridgehead atoms. The number of anilines is 2. The number of fused-ring (bicyclic) bond motifs is 1. The van der Waals surface area contributed by atoms with E-state index in [1.807, 2.05) is 24.3 Å². The van der Waals surface area contributed by atoms with Gasteiger partial charge in [0.2, 0.25) is 5.91 Å². The standard InChI is InChI=1S/C20H23FN4O/c1-25(2)12-4-11-22-14-7-9-15(10-8-14)23-13-16-19-17(21)5-3-6-18(19)24-20(16)26/h3,5-10,13,16,22H,4,11-12H2,1-2H3,(H,24,26). The Morgan fingerprint density at radius 2 is 2.00 bits per heavy atom. The number of aliphatic imine (C=N–C) groups is 1. The average molecular weight is 354 g/mol. The zero-order chi connectivity index (χ0) is 18.5. The van der Waals surface area contributed by atoms with E-state index in [0.29, 0.717) is 11.3 Å². The highest BCUT2D eigenvalue weighted by molar-refractivity contribution is 6.12. The van der Waals surface area contributed by atoms with E-state index in [4.69, 9.17) is 0 Å². The van der Waals surface area contributed by atoms with Crippen LogP contribution in [0.25, 0.3) is 0 Å². The number of carbonyl (C=O) groups is 1. The van der Waals surface area contributed by atoms with E-state index in [1.165, 1.54) is 12.3 Å². The molecule has 1 atom stereocenters. The fourth-order valence-corrected chi connectivity index (χ4v) is 2.90. The molecular weight excluding hydrogens is 331 g/mol. The third kappa shape index (κ3) is 4.26. The first-order valence-corrected chi connectivity index (χ1v) is 8.67. The fourth-order valence-electron chi connectivity index (χ4n) is 2.90. The number of nitrogens with zero attached hydrogens (tertiary/aromatic N) is 2. The monoisotopic (exact) mass is 354 g/mol. The van der Waals surface area contributed by atoms with Crippen LogP contribution in [-0.2, 0) is 4.79 Å². The van der Waals surface area contributed by atoms with Crippen molar-refractivity contribution in [2.24, 2.45) is 4.99 Å². The van der Waals surface area contributed by atoms with E-state index in [9.17, 15) is 9.18 Å². The summed E-state index contributed by atoms with van der Waals surface area (Å²) in [7, 11) is 4.11. The van der Waals surface area contributed by atoms with E-state index in [2.05, 4.69) is 34.6 Å². The van der Waals surface area contributed by atoms with Crippen LogP contribution in [0.3, 0.4) is 0 Å². The summed E-state index contributed by atoms with van der Waals surface area (Å²) in [6.45, 7) is 1.94. The summed E-state index contributed by atoms with van der Waals surface area (Å²) in [5.41, 5.74) is 2.63. The number of benzene rings is 2. The Morgan fingerprint density at radius 3 is 2.73 bits per heavy atom. The fraction of sp³-hybridized carbons (Fsp3) is 0.300. The minimum atomic E-state index is -0.699. The average Bonchev–Trinajstić information content (AvgIpc) is 2.94. The third-order valence-electron chi connectivity index (χ3n) is 4.26. The van der Waals surface area contributed by atoms with E-state index in [-0.39, 0.29) is 5.91 Å². The third-order valence-corrected chi connectivity index (χ3v) is 4.26. The lowest BCUT2D eigenvalue weighted by Crippen LogP contribution is -2.16. The van der Waals surface area contributed by atoms with E-state index in [0.717, 1.165) is 30.9 Å². The quantitative estimate of drug-likeness (QED) is 0.590. The zero-order valence-electron chi connectivity index (χ0n) is 15.0. The molecule has 2 aromatic carbocycles. The maximum Gasteiger partial charge on any atom is 0.237 e. The van der Waals surface area contributed by atoms with Crippen molar-refractivity contribution < 1.29 is 9.18 Å². The molecule has 1 aliphatic rings. The van der Waals surface area contributed by atoms with Crippen LogP contribution >= 0.6 is 0 Å². The van der Waals surface area contributed by atoms with Crippen molar-refractivity contribution in [3.05, 3.63) is 53.8 Å². The molecule has 6 heteroatoms. The van der Waals surface area contributed by atoms with Crippen LogP contribution < -0.4 is 10.6 Å². The second kappa shape index (κ2) is 8.10. The van der Waals surface area contributed by atoms with Crippen LogP contribution in [0.1, 0.15) is 17.9 Å². The first kappa shape index (κ1) is 18.1. The van der Waals surface area contributed by atoms with E-state index < -0.39 is 11.7 Å². The van der Waals surface area contributed by atoms with E-state index in [1.54, 1.807) is 12.1 Å². The van der Waals surface area contributed by atoms with E-state index >= 15 is 0 Å². The molecule has 2 N–H and O–H groups in total. The Labute approximate surface area is 152 Å². The van der Waals surface area contributed by atoms with Gasteiger partial charge in [0, 0.05) is 29.7 Å². The van der Waals surface area contributed by atoms with Crippen LogP contribution in [0, 0.1) is 5.82 Å². The molecule has 0 aliphatic carbocycles. The van der Waals surface area contributed by atoms with Crippen molar-refractivity contribution in [3.8, 4) is 0 Å². The predicted octanol–water partition coefficient (Wildman–Crippen LogP) is 3.63. The molecule has 26 heavy (non-hydrogen) atoms. The Morgan fingerprint density at radius 1 is 1.23 bits per heavy atom. The van der Waals surface area contributed by atoms with Gasteiger partial charge in [0.15, 0.2) is 0 Å². The van der Waals surface area contributed by atoms with Crippen molar-refractivity contribution in [1.82, 2.24) is 4.90 Å². The van der Waals surface area contributed by atoms with Crippen molar-refractivity contribution in [1.29, 1.82) is 0 Å². The van der Waals surface area contributed by atoms with Gasteiger partial charge < -0.3 is 15.5 Å². The molecule has 136 valence electrons. The minimum absolute atomic E-state index is 0.256. The molecule has 0 saturated carbocycles. The Bertz CT molecular complexity index is 802. The van der Waals surface area contributed by atoms with Gasteiger partial charge in [-0.25, -0.2) is 4.39 Å². The van der Waals surface area contributed by atoms with Gasteiger partial charge >= 0.3 is 0 Å².